The highest BCUT2D eigenvalue weighted by Gasteiger charge is 2.68. The van der Waals surface area contributed by atoms with Gasteiger partial charge in [0.1, 0.15) is 25.6 Å². The third kappa shape index (κ3) is 2.63. The first-order chi connectivity index (χ1) is 12.5. The van der Waals surface area contributed by atoms with Gasteiger partial charge in [0.25, 0.3) is 0 Å². The number of hydrogen-bond acceptors (Lipinski definition) is 3. The highest BCUT2D eigenvalue weighted by Crippen LogP contribution is 2.59. The van der Waals surface area contributed by atoms with E-state index in [9.17, 15) is 14.7 Å². The van der Waals surface area contributed by atoms with E-state index in [4.69, 9.17) is 46.4 Å². The smallest absolute Gasteiger partial charge is 0.199 e. The lowest BCUT2D eigenvalue weighted by Gasteiger charge is -2.50. The van der Waals surface area contributed by atoms with Crippen molar-refractivity contribution in [3.05, 3.63) is 63.2 Å². The molecule has 0 aromatic heterocycles. The van der Waals surface area contributed by atoms with Gasteiger partial charge in [-0.05, 0) is 42.5 Å². The molecule has 0 radical (unpaired) electrons. The summed E-state index contributed by atoms with van der Waals surface area (Å²) in [5.41, 5.74) is 2.48. The first-order valence-electron chi connectivity index (χ1n) is 8.16. The molecule has 3 unspecified atom stereocenters. The normalized spacial score (nSPS) is 30.9. The zero-order valence-corrected chi connectivity index (χ0v) is 17.6. The number of phenolic OH excluding ortho intramolecular Hbond substituents is 1. The van der Waals surface area contributed by atoms with Crippen molar-refractivity contribution in [2.75, 3.05) is 0 Å². The number of Topliss-reactive ketones (excluding diaryl/α,β-unsaturated/α-hetero) is 2. The van der Waals surface area contributed by atoms with E-state index in [-0.39, 0.29) is 12.2 Å². The Hall–Kier alpha value is -1.26. The Kier molecular flexibility index (Phi) is 5.05. The number of rotatable bonds is 2. The van der Waals surface area contributed by atoms with Gasteiger partial charge in [0.15, 0.2) is 11.6 Å². The first-order valence-corrected chi connectivity index (χ1v) is 9.67. The predicted molar refractivity (Wildman–Crippen MR) is 109 cm³/mol. The zero-order valence-electron chi connectivity index (χ0n) is 14.6. The van der Waals surface area contributed by atoms with Gasteiger partial charge in [-0.2, -0.15) is 0 Å². The minimum Gasteiger partial charge on any atom is -0.507 e. The van der Waals surface area contributed by atoms with Crippen molar-refractivity contribution >= 4 is 58.0 Å². The number of hydrogen-bond donors (Lipinski definition) is 1. The van der Waals surface area contributed by atoms with E-state index in [1.54, 1.807) is 38.1 Å². The molecule has 0 amide bonds. The molecule has 142 valence electrons. The standard InChI is InChI=1S/C20H16Cl4O3/c1-4-11-5-6-19(23)17(26)14(21)15(22)18(27)20(19,24)13(11)12-7-9(2)16(25)10(3)8-12/h4-5,7-8,13,25H,1,6H2,2-3H3. The minimum absolute atomic E-state index is 0.0108. The summed E-state index contributed by atoms with van der Waals surface area (Å²) in [7, 11) is 0. The Bertz CT molecular complexity index is 939. The van der Waals surface area contributed by atoms with Gasteiger partial charge < -0.3 is 5.11 Å². The summed E-state index contributed by atoms with van der Waals surface area (Å²) in [6.45, 7) is 7.27. The van der Waals surface area contributed by atoms with E-state index in [1.807, 2.05) is 0 Å². The van der Waals surface area contributed by atoms with Crippen molar-refractivity contribution in [3.63, 3.8) is 0 Å². The number of ketones is 2. The second-order valence-electron chi connectivity index (χ2n) is 6.85. The summed E-state index contributed by atoms with van der Waals surface area (Å²) in [4.78, 5) is 22.4. The van der Waals surface area contributed by atoms with Gasteiger partial charge >= 0.3 is 0 Å². The van der Waals surface area contributed by atoms with Crippen LogP contribution < -0.4 is 0 Å². The molecular weight excluding hydrogens is 430 g/mol. The maximum absolute atomic E-state index is 13.2. The summed E-state index contributed by atoms with van der Waals surface area (Å²) in [5.74, 6) is -2.03. The zero-order chi connectivity index (χ0) is 20.3. The molecule has 0 fully saturated rings. The van der Waals surface area contributed by atoms with Gasteiger partial charge in [-0.25, -0.2) is 0 Å². The fourth-order valence-electron chi connectivity index (χ4n) is 3.86. The molecule has 27 heavy (non-hydrogen) atoms. The number of alkyl halides is 2. The summed E-state index contributed by atoms with van der Waals surface area (Å²) in [5, 5.41) is 9.29. The van der Waals surface area contributed by atoms with Crippen LogP contribution in [-0.2, 0) is 9.59 Å². The van der Waals surface area contributed by atoms with E-state index < -0.39 is 37.3 Å². The maximum Gasteiger partial charge on any atom is 0.199 e. The number of carbonyl (C=O) groups is 2. The molecule has 7 heteroatoms. The van der Waals surface area contributed by atoms with Gasteiger partial charge in [-0.3, -0.25) is 9.59 Å². The van der Waals surface area contributed by atoms with Crippen LogP contribution >= 0.6 is 46.4 Å². The molecule has 2 aliphatic carbocycles. The quantitative estimate of drug-likeness (QED) is 0.619. The molecule has 0 aliphatic heterocycles. The number of halogens is 4. The minimum atomic E-state index is -1.88. The number of aromatic hydroxyl groups is 1. The first kappa shape index (κ1) is 20.5. The van der Waals surface area contributed by atoms with Crippen molar-refractivity contribution in [3.8, 4) is 5.75 Å². The second kappa shape index (κ2) is 6.66. The van der Waals surface area contributed by atoms with Crippen LogP contribution in [0.15, 0.2) is 46.5 Å². The average Bonchev–Trinajstić information content (AvgIpc) is 2.64. The molecule has 0 saturated carbocycles. The van der Waals surface area contributed by atoms with Crippen LogP contribution in [0.25, 0.3) is 0 Å². The molecule has 0 saturated heterocycles. The number of benzene rings is 1. The summed E-state index contributed by atoms with van der Waals surface area (Å²) < 4.78 is 0. The Morgan fingerprint density at radius 3 is 2.15 bits per heavy atom. The van der Waals surface area contributed by atoms with Gasteiger partial charge in [0, 0.05) is 5.92 Å². The average molecular weight is 446 g/mol. The second-order valence-corrected chi connectivity index (χ2v) is 8.85. The fourth-order valence-corrected chi connectivity index (χ4v) is 5.32. The predicted octanol–water partition coefficient (Wildman–Crippen LogP) is 5.40. The maximum atomic E-state index is 13.2. The van der Waals surface area contributed by atoms with Crippen LogP contribution in [0.1, 0.15) is 29.0 Å². The van der Waals surface area contributed by atoms with E-state index in [0.29, 0.717) is 22.3 Å². The van der Waals surface area contributed by atoms with Crippen LogP contribution in [0, 0.1) is 13.8 Å². The molecule has 0 heterocycles. The fraction of sp³-hybridized carbons (Fsp3) is 0.300. The van der Waals surface area contributed by atoms with Crippen LogP contribution in [0.5, 0.6) is 5.75 Å². The van der Waals surface area contributed by atoms with Crippen molar-refractivity contribution < 1.29 is 14.7 Å². The molecule has 0 bridgehead atoms. The van der Waals surface area contributed by atoms with Crippen molar-refractivity contribution in [1.82, 2.24) is 0 Å². The highest BCUT2D eigenvalue weighted by molar-refractivity contribution is 6.66. The third-order valence-electron chi connectivity index (χ3n) is 5.29. The molecule has 1 N–H and O–H groups in total. The van der Waals surface area contributed by atoms with Gasteiger partial charge in [-0.15, -0.1) is 23.2 Å². The van der Waals surface area contributed by atoms with E-state index >= 15 is 0 Å². The summed E-state index contributed by atoms with van der Waals surface area (Å²) >= 11 is 25.6. The Morgan fingerprint density at radius 2 is 1.63 bits per heavy atom. The van der Waals surface area contributed by atoms with Crippen LogP contribution in [0.3, 0.4) is 0 Å². The summed E-state index contributed by atoms with van der Waals surface area (Å²) in [6.07, 6.45) is 3.32. The Balaban J connectivity index is 2.36. The number of allylic oxidation sites excluding steroid dienone is 5. The molecule has 1 aromatic rings. The Labute approximate surface area is 177 Å². The number of aryl methyl sites for hydroxylation is 2. The van der Waals surface area contributed by atoms with E-state index in [2.05, 4.69) is 6.58 Å². The summed E-state index contributed by atoms with van der Waals surface area (Å²) in [6, 6.07) is 3.42. The van der Waals surface area contributed by atoms with Crippen LogP contribution in [-0.4, -0.2) is 26.4 Å². The number of carbonyl (C=O) groups excluding carboxylic acids is 2. The number of phenols is 1. The van der Waals surface area contributed by atoms with Gasteiger partial charge in [0.2, 0.25) is 0 Å². The molecule has 3 nitrogen and oxygen atoms in total. The van der Waals surface area contributed by atoms with Crippen molar-refractivity contribution in [2.45, 2.75) is 35.9 Å². The SMILES string of the molecule is C=CC1=CCC2(Cl)C(=O)C(Cl)=C(Cl)C(=O)C2(Cl)C1c1cc(C)c(O)c(C)c1. The molecule has 3 atom stereocenters. The lowest BCUT2D eigenvalue weighted by atomic mass is 9.62. The molecule has 0 spiro atoms. The van der Waals surface area contributed by atoms with Crippen LogP contribution in [0.2, 0.25) is 0 Å². The van der Waals surface area contributed by atoms with Gasteiger partial charge in [0.05, 0.1) is 0 Å². The van der Waals surface area contributed by atoms with Gasteiger partial charge in [-0.1, -0.05) is 54.1 Å². The third-order valence-corrected chi connectivity index (χ3v) is 7.54. The topological polar surface area (TPSA) is 54.4 Å². The largest absolute Gasteiger partial charge is 0.507 e. The lowest BCUT2D eigenvalue weighted by Crippen LogP contribution is -2.64. The van der Waals surface area contributed by atoms with E-state index in [1.165, 1.54) is 0 Å². The molecule has 2 aliphatic rings. The monoisotopic (exact) mass is 444 g/mol. The Morgan fingerprint density at radius 1 is 1.11 bits per heavy atom. The van der Waals surface area contributed by atoms with Crippen LogP contribution in [0.4, 0.5) is 0 Å². The molecule has 1 aromatic carbocycles. The highest BCUT2D eigenvalue weighted by atomic mass is 35.5. The lowest BCUT2D eigenvalue weighted by molar-refractivity contribution is -0.127. The van der Waals surface area contributed by atoms with E-state index in [0.717, 1.165) is 0 Å². The van der Waals surface area contributed by atoms with Crippen molar-refractivity contribution in [1.29, 1.82) is 0 Å². The van der Waals surface area contributed by atoms with Crippen molar-refractivity contribution in [2.24, 2.45) is 0 Å². The molecule has 3 rings (SSSR count). The molecular formula is C20H16Cl4O3. The number of fused-ring (bicyclic) bond motifs is 1.